The van der Waals surface area contributed by atoms with Crippen LogP contribution in [0.3, 0.4) is 0 Å². The third-order valence-corrected chi connectivity index (χ3v) is 4.25. The van der Waals surface area contributed by atoms with Crippen molar-refractivity contribution in [1.82, 2.24) is 10.2 Å². The lowest BCUT2D eigenvalue weighted by molar-refractivity contribution is -0.138. The van der Waals surface area contributed by atoms with Gasteiger partial charge in [-0.1, -0.05) is 12.1 Å². The molecule has 1 unspecified atom stereocenters. The van der Waals surface area contributed by atoms with E-state index in [2.05, 4.69) is 10.6 Å². The highest BCUT2D eigenvalue weighted by Gasteiger charge is 2.34. The molecule has 7 nitrogen and oxygen atoms in total. The Morgan fingerprint density at radius 2 is 1.96 bits per heavy atom. The first-order valence-corrected chi connectivity index (χ1v) is 8.50. The number of urea groups is 1. The van der Waals surface area contributed by atoms with E-state index in [0.29, 0.717) is 24.2 Å². The summed E-state index contributed by atoms with van der Waals surface area (Å²) in [6.45, 7) is 5.89. The first kappa shape index (κ1) is 18.8. The molecule has 1 aliphatic heterocycles. The number of nitrogens with zero attached hydrogens (tertiary/aromatic N) is 1. The lowest BCUT2D eigenvalue weighted by atomic mass is 10.0. The minimum atomic E-state index is -0.921. The molecule has 136 valence electrons. The van der Waals surface area contributed by atoms with E-state index in [0.717, 1.165) is 6.42 Å². The van der Waals surface area contributed by atoms with E-state index in [9.17, 15) is 14.4 Å². The van der Waals surface area contributed by atoms with Crippen LogP contribution in [-0.2, 0) is 9.59 Å². The van der Waals surface area contributed by atoms with Crippen LogP contribution in [0.25, 0.3) is 0 Å². The average molecular weight is 347 g/mol. The quantitative estimate of drug-likeness (QED) is 0.761. The summed E-state index contributed by atoms with van der Waals surface area (Å²) in [7, 11) is 0. The third-order valence-electron chi connectivity index (χ3n) is 4.25. The van der Waals surface area contributed by atoms with Crippen LogP contribution < -0.4 is 10.6 Å². The molecule has 1 aromatic carbocycles. The number of carboxylic acids is 1. The number of carbonyl (C=O) groups excluding carboxylic acids is 2. The normalized spacial score (nSPS) is 18.1. The smallest absolute Gasteiger partial charge is 0.318 e. The summed E-state index contributed by atoms with van der Waals surface area (Å²) >= 11 is 0. The van der Waals surface area contributed by atoms with Gasteiger partial charge in [0.2, 0.25) is 5.91 Å². The van der Waals surface area contributed by atoms with Crippen molar-refractivity contribution in [3.05, 3.63) is 29.8 Å². The second-order valence-corrected chi connectivity index (χ2v) is 6.63. The molecule has 2 atom stereocenters. The fourth-order valence-corrected chi connectivity index (χ4v) is 2.87. The van der Waals surface area contributed by atoms with Gasteiger partial charge < -0.3 is 20.6 Å². The van der Waals surface area contributed by atoms with Crippen LogP contribution >= 0.6 is 0 Å². The molecule has 0 bridgehead atoms. The van der Waals surface area contributed by atoms with Gasteiger partial charge in [-0.3, -0.25) is 9.59 Å². The zero-order valence-corrected chi connectivity index (χ0v) is 14.8. The Labute approximate surface area is 147 Å². The zero-order chi connectivity index (χ0) is 18.6. The van der Waals surface area contributed by atoms with Crippen molar-refractivity contribution >= 4 is 23.6 Å². The number of carboxylic acid groups (broad SMARTS) is 1. The maximum absolute atomic E-state index is 12.6. The highest BCUT2D eigenvalue weighted by atomic mass is 16.4. The van der Waals surface area contributed by atoms with Gasteiger partial charge in [-0.25, -0.2) is 4.79 Å². The van der Waals surface area contributed by atoms with Gasteiger partial charge in [0.1, 0.15) is 6.04 Å². The average Bonchev–Trinajstić information content (AvgIpc) is 3.03. The van der Waals surface area contributed by atoms with Gasteiger partial charge in [-0.2, -0.15) is 0 Å². The molecule has 3 amide bonds. The van der Waals surface area contributed by atoms with Crippen molar-refractivity contribution in [3.8, 4) is 0 Å². The predicted octanol–water partition coefficient (Wildman–Crippen LogP) is 2.40. The van der Waals surface area contributed by atoms with E-state index in [1.165, 1.54) is 0 Å². The monoisotopic (exact) mass is 347 g/mol. The largest absolute Gasteiger partial charge is 0.481 e. The Balaban J connectivity index is 2.07. The molecule has 1 heterocycles. The molecule has 1 aliphatic rings. The molecule has 1 fully saturated rings. The maximum Gasteiger partial charge on any atom is 0.318 e. The van der Waals surface area contributed by atoms with Crippen molar-refractivity contribution < 1.29 is 19.5 Å². The summed E-state index contributed by atoms with van der Waals surface area (Å²) in [5, 5.41) is 14.7. The number of amides is 3. The van der Waals surface area contributed by atoms with Crippen LogP contribution in [0.1, 0.15) is 45.1 Å². The summed E-state index contributed by atoms with van der Waals surface area (Å²) in [5.41, 5.74) is 1.15. The molecule has 0 aromatic heterocycles. The van der Waals surface area contributed by atoms with Gasteiger partial charge in [-0.15, -0.1) is 0 Å². The lowest BCUT2D eigenvalue weighted by Crippen LogP contribution is -2.49. The molecular weight excluding hydrogens is 322 g/mol. The Bertz CT molecular complexity index is 659. The molecule has 0 saturated carbocycles. The zero-order valence-electron chi connectivity index (χ0n) is 14.8. The van der Waals surface area contributed by atoms with E-state index >= 15 is 0 Å². The van der Waals surface area contributed by atoms with E-state index in [1.54, 1.807) is 36.1 Å². The Morgan fingerprint density at radius 1 is 1.24 bits per heavy atom. The number of anilines is 1. The maximum atomic E-state index is 12.6. The van der Waals surface area contributed by atoms with Gasteiger partial charge in [0, 0.05) is 18.3 Å². The Hall–Kier alpha value is -2.57. The lowest BCUT2D eigenvalue weighted by Gasteiger charge is -2.25. The second-order valence-electron chi connectivity index (χ2n) is 6.63. The molecule has 7 heteroatoms. The van der Waals surface area contributed by atoms with Crippen LogP contribution in [0.4, 0.5) is 10.5 Å². The molecule has 3 N–H and O–H groups in total. The minimum absolute atomic E-state index is 0.00555. The number of likely N-dealkylation sites (tertiary alicyclic amines) is 1. The molecule has 2 rings (SSSR count). The van der Waals surface area contributed by atoms with Gasteiger partial charge in [-0.05, 0) is 51.3 Å². The summed E-state index contributed by atoms with van der Waals surface area (Å²) in [4.78, 5) is 37.5. The van der Waals surface area contributed by atoms with Crippen LogP contribution in [0.2, 0.25) is 0 Å². The molecule has 25 heavy (non-hydrogen) atoms. The molecule has 0 radical (unpaired) electrons. The van der Waals surface area contributed by atoms with Crippen molar-refractivity contribution in [2.24, 2.45) is 0 Å². The number of hydrogen-bond acceptors (Lipinski definition) is 3. The molecule has 1 aromatic rings. The number of nitrogens with one attached hydrogen (secondary N) is 2. The molecular formula is C18H25N3O4. The van der Waals surface area contributed by atoms with E-state index in [4.69, 9.17) is 5.11 Å². The van der Waals surface area contributed by atoms with Gasteiger partial charge >= 0.3 is 12.0 Å². The number of hydrogen-bond donors (Lipinski definition) is 3. The topological polar surface area (TPSA) is 98.7 Å². The predicted molar refractivity (Wildman–Crippen MR) is 94.5 cm³/mol. The van der Waals surface area contributed by atoms with Crippen molar-refractivity contribution in [1.29, 1.82) is 0 Å². The molecule has 0 aliphatic carbocycles. The van der Waals surface area contributed by atoms with Crippen LogP contribution in [0.5, 0.6) is 0 Å². The molecule has 0 spiro atoms. The number of benzene rings is 1. The van der Waals surface area contributed by atoms with Crippen LogP contribution in [-0.4, -0.2) is 46.5 Å². The van der Waals surface area contributed by atoms with Gasteiger partial charge in [0.15, 0.2) is 0 Å². The second kappa shape index (κ2) is 8.00. The Kier molecular flexibility index (Phi) is 6.01. The standard InChI is InChI=1S/C18H25N3O4/c1-11(2)19-18(25)21-9-5-8-15(21)16(22)20-14-7-4-6-13(10-14)12(3)17(23)24/h4,6-7,10-12,15H,5,8-9H2,1-3H3,(H,19,25)(H,20,22)(H,23,24)/t12?,15-/m0/s1. The minimum Gasteiger partial charge on any atom is -0.481 e. The SMILES string of the molecule is CC(C)NC(=O)N1CCC[C@H]1C(=O)Nc1cccc(C(C)C(=O)O)c1. The van der Waals surface area contributed by atoms with E-state index in [1.807, 2.05) is 13.8 Å². The first-order chi connectivity index (χ1) is 11.8. The third kappa shape index (κ3) is 4.71. The highest BCUT2D eigenvalue weighted by molar-refractivity contribution is 5.97. The number of rotatable bonds is 5. The van der Waals surface area contributed by atoms with E-state index < -0.39 is 17.9 Å². The van der Waals surface area contributed by atoms with Gasteiger partial charge in [0.25, 0.3) is 0 Å². The first-order valence-electron chi connectivity index (χ1n) is 8.50. The highest BCUT2D eigenvalue weighted by Crippen LogP contribution is 2.22. The summed E-state index contributed by atoms with van der Waals surface area (Å²) in [6.07, 6.45) is 1.39. The summed E-state index contributed by atoms with van der Waals surface area (Å²) in [5.74, 6) is -1.83. The van der Waals surface area contributed by atoms with Crippen molar-refractivity contribution in [2.45, 2.75) is 51.6 Å². The summed E-state index contributed by atoms with van der Waals surface area (Å²) < 4.78 is 0. The van der Waals surface area contributed by atoms with Crippen LogP contribution in [0, 0.1) is 0 Å². The molecule has 1 saturated heterocycles. The number of carbonyl (C=O) groups is 3. The Morgan fingerprint density at radius 3 is 2.60 bits per heavy atom. The van der Waals surface area contributed by atoms with E-state index in [-0.39, 0.29) is 18.0 Å². The van der Waals surface area contributed by atoms with Crippen molar-refractivity contribution in [2.75, 3.05) is 11.9 Å². The number of aliphatic carboxylic acids is 1. The van der Waals surface area contributed by atoms with Crippen LogP contribution in [0.15, 0.2) is 24.3 Å². The fraction of sp³-hybridized carbons (Fsp3) is 0.500. The fourth-order valence-electron chi connectivity index (χ4n) is 2.87. The van der Waals surface area contributed by atoms with Gasteiger partial charge in [0.05, 0.1) is 5.92 Å². The summed E-state index contributed by atoms with van der Waals surface area (Å²) in [6, 6.07) is 6.05. The van der Waals surface area contributed by atoms with Crippen molar-refractivity contribution in [3.63, 3.8) is 0 Å².